The average molecular weight is 551 g/mol. The Morgan fingerprint density at radius 2 is 1.77 bits per heavy atom. The van der Waals surface area contributed by atoms with Gasteiger partial charge in [-0.05, 0) is 52.7 Å². The van der Waals surface area contributed by atoms with Crippen molar-refractivity contribution in [1.82, 2.24) is 10.2 Å². The molecule has 31 heavy (non-hydrogen) atoms. The number of sulfonamides is 1. The molecule has 0 aliphatic heterocycles. The molecular formula is C20H22BrCl2N3O4S. The van der Waals surface area contributed by atoms with Gasteiger partial charge < -0.3 is 10.2 Å². The van der Waals surface area contributed by atoms with Crippen LogP contribution in [0.1, 0.15) is 12.5 Å². The van der Waals surface area contributed by atoms with Crippen molar-refractivity contribution in [3.8, 4) is 0 Å². The van der Waals surface area contributed by atoms with Crippen LogP contribution in [-0.2, 0) is 26.2 Å². The van der Waals surface area contributed by atoms with Gasteiger partial charge in [0.25, 0.3) is 0 Å². The standard InChI is InChI=1S/C20H22BrCl2N3O4S/c1-13(20(28)24-2)25(11-14-8-9-16(22)17(23)10-14)19(27)12-26(31(3,29)30)18-7-5-4-6-15(18)21/h4-10,13H,11-12H2,1-3H3,(H,24,28). The van der Waals surface area contributed by atoms with Gasteiger partial charge in [0, 0.05) is 18.1 Å². The van der Waals surface area contributed by atoms with Crippen LogP contribution in [0.15, 0.2) is 46.9 Å². The highest BCUT2D eigenvalue weighted by atomic mass is 79.9. The number of carbonyl (C=O) groups excluding carboxylic acids is 2. The Bertz CT molecular complexity index is 1080. The van der Waals surface area contributed by atoms with E-state index < -0.39 is 28.5 Å². The van der Waals surface area contributed by atoms with E-state index >= 15 is 0 Å². The summed E-state index contributed by atoms with van der Waals surface area (Å²) in [6.45, 7) is 1.12. The number of anilines is 1. The molecule has 1 N–H and O–H groups in total. The van der Waals surface area contributed by atoms with Gasteiger partial charge >= 0.3 is 0 Å². The number of hydrogen-bond acceptors (Lipinski definition) is 4. The van der Waals surface area contributed by atoms with E-state index in [1.165, 1.54) is 11.9 Å². The minimum atomic E-state index is -3.79. The van der Waals surface area contributed by atoms with Gasteiger partial charge in [-0.25, -0.2) is 8.42 Å². The van der Waals surface area contributed by atoms with E-state index in [-0.39, 0.29) is 12.5 Å². The molecule has 0 aliphatic carbocycles. The van der Waals surface area contributed by atoms with Crippen molar-refractivity contribution in [1.29, 1.82) is 0 Å². The van der Waals surface area contributed by atoms with Crippen molar-refractivity contribution >= 4 is 66.7 Å². The van der Waals surface area contributed by atoms with Gasteiger partial charge in [-0.1, -0.05) is 41.4 Å². The maximum Gasteiger partial charge on any atom is 0.244 e. The lowest BCUT2D eigenvalue weighted by Crippen LogP contribution is -2.50. The number of nitrogens with zero attached hydrogens (tertiary/aromatic N) is 2. The van der Waals surface area contributed by atoms with Crippen molar-refractivity contribution in [2.45, 2.75) is 19.5 Å². The Balaban J connectivity index is 2.41. The molecule has 0 aliphatic rings. The molecule has 0 aromatic heterocycles. The Morgan fingerprint density at radius 3 is 2.32 bits per heavy atom. The van der Waals surface area contributed by atoms with E-state index in [0.29, 0.717) is 25.8 Å². The summed E-state index contributed by atoms with van der Waals surface area (Å²) in [5.41, 5.74) is 0.964. The van der Waals surface area contributed by atoms with Gasteiger partial charge in [0.2, 0.25) is 21.8 Å². The maximum atomic E-state index is 13.3. The second-order valence-corrected chi connectivity index (χ2v) is 10.4. The predicted molar refractivity (Wildman–Crippen MR) is 127 cm³/mol. The van der Waals surface area contributed by atoms with Gasteiger partial charge in [0.1, 0.15) is 12.6 Å². The lowest BCUT2D eigenvalue weighted by Gasteiger charge is -2.31. The SMILES string of the molecule is CNC(=O)C(C)N(Cc1ccc(Cl)c(Cl)c1)C(=O)CN(c1ccccc1Br)S(C)(=O)=O. The zero-order valence-electron chi connectivity index (χ0n) is 17.1. The second kappa shape index (κ2) is 10.7. The molecule has 0 saturated carbocycles. The van der Waals surface area contributed by atoms with Gasteiger partial charge in [0.15, 0.2) is 0 Å². The number of halogens is 3. The fourth-order valence-electron chi connectivity index (χ4n) is 2.87. The van der Waals surface area contributed by atoms with Crippen molar-refractivity contribution in [3.05, 3.63) is 62.5 Å². The second-order valence-electron chi connectivity index (χ2n) is 6.78. The third kappa shape index (κ3) is 6.58. The third-order valence-electron chi connectivity index (χ3n) is 4.55. The molecule has 0 radical (unpaired) electrons. The van der Waals surface area contributed by atoms with E-state index in [4.69, 9.17) is 23.2 Å². The highest BCUT2D eigenvalue weighted by molar-refractivity contribution is 9.10. The number of amides is 2. The first-order chi connectivity index (χ1) is 14.5. The highest BCUT2D eigenvalue weighted by Crippen LogP contribution is 2.28. The number of carbonyl (C=O) groups is 2. The van der Waals surface area contributed by atoms with Crippen LogP contribution in [0.2, 0.25) is 10.0 Å². The smallest absolute Gasteiger partial charge is 0.244 e. The molecule has 11 heteroatoms. The molecule has 2 aromatic carbocycles. The number of likely N-dealkylation sites (N-methyl/N-ethyl adjacent to an activating group) is 1. The monoisotopic (exact) mass is 549 g/mol. The van der Waals surface area contributed by atoms with Crippen LogP contribution < -0.4 is 9.62 Å². The van der Waals surface area contributed by atoms with Gasteiger partial charge in [0.05, 0.1) is 22.0 Å². The molecule has 2 rings (SSSR count). The molecule has 168 valence electrons. The number of benzene rings is 2. The average Bonchev–Trinajstić information content (AvgIpc) is 2.71. The summed E-state index contributed by atoms with van der Waals surface area (Å²) in [4.78, 5) is 26.9. The van der Waals surface area contributed by atoms with Crippen molar-refractivity contribution in [3.63, 3.8) is 0 Å². The molecule has 0 spiro atoms. The fraction of sp³-hybridized carbons (Fsp3) is 0.300. The number of rotatable bonds is 8. The Kier molecular flexibility index (Phi) is 8.76. The van der Waals surface area contributed by atoms with Crippen molar-refractivity contribution in [2.24, 2.45) is 0 Å². The highest BCUT2D eigenvalue weighted by Gasteiger charge is 2.30. The molecule has 0 heterocycles. The summed E-state index contributed by atoms with van der Waals surface area (Å²) < 4.78 is 26.4. The predicted octanol–water partition coefficient (Wildman–Crippen LogP) is 3.69. The topological polar surface area (TPSA) is 86.8 Å². The van der Waals surface area contributed by atoms with E-state index in [0.717, 1.165) is 10.6 Å². The van der Waals surface area contributed by atoms with Crippen LogP contribution >= 0.6 is 39.1 Å². The van der Waals surface area contributed by atoms with Crippen molar-refractivity contribution < 1.29 is 18.0 Å². The van der Waals surface area contributed by atoms with E-state index in [9.17, 15) is 18.0 Å². The van der Waals surface area contributed by atoms with E-state index in [1.807, 2.05) is 0 Å². The van der Waals surface area contributed by atoms with Crippen LogP contribution in [-0.4, -0.2) is 51.0 Å². The largest absolute Gasteiger partial charge is 0.357 e. The molecule has 0 saturated heterocycles. The van der Waals surface area contributed by atoms with Crippen LogP contribution in [0.4, 0.5) is 5.69 Å². The minimum absolute atomic E-state index is 0.0396. The normalized spacial score (nSPS) is 12.2. The Morgan fingerprint density at radius 1 is 1.13 bits per heavy atom. The maximum absolute atomic E-state index is 13.3. The van der Waals surface area contributed by atoms with Crippen LogP contribution in [0, 0.1) is 0 Å². The zero-order valence-corrected chi connectivity index (χ0v) is 21.0. The molecule has 0 fully saturated rings. The van der Waals surface area contributed by atoms with Gasteiger partial charge in [-0.2, -0.15) is 0 Å². The number of para-hydroxylation sites is 1. The van der Waals surface area contributed by atoms with Crippen molar-refractivity contribution in [2.75, 3.05) is 24.2 Å². The lowest BCUT2D eigenvalue weighted by molar-refractivity contribution is -0.139. The van der Waals surface area contributed by atoms with Gasteiger partial charge in [-0.3, -0.25) is 13.9 Å². The quantitative estimate of drug-likeness (QED) is 0.543. The van der Waals surface area contributed by atoms with E-state index in [1.54, 1.807) is 49.4 Å². The molecule has 7 nitrogen and oxygen atoms in total. The zero-order chi connectivity index (χ0) is 23.3. The summed E-state index contributed by atoms with van der Waals surface area (Å²) in [7, 11) is -2.33. The van der Waals surface area contributed by atoms with Gasteiger partial charge in [-0.15, -0.1) is 0 Å². The Hall–Kier alpha value is -1.81. The summed E-state index contributed by atoms with van der Waals surface area (Å²) in [6, 6.07) is 10.7. The number of nitrogens with one attached hydrogen (secondary N) is 1. The molecule has 2 aromatic rings. The summed E-state index contributed by atoms with van der Waals surface area (Å²) in [5.74, 6) is -0.941. The first-order valence-corrected chi connectivity index (χ1v) is 12.5. The molecule has 2 amide bonds. The van der Waals surface area contributed by atoms with E-state index in [2.05, 4.69) is 21.2 Å². The first-order valence-electron chi connectivity index (χ1n) is 9.13. The first kappa shape index (κ1) is 25.5. The summed E-state index contributed by atoms with van der Waals surface area (Å²) >= 11 is 15.4. The third-order valence-corrected chi connectivity index (χ3v) is 7.09. The van der Waals surface area contributed by atoms with Crippen LogP contribution in [0.25, 0.3) is 0 Å². The lowest BCUT2D eigenvalue weighted by atomic mass is 10.1. The number of hydrogen-bond donors (Lipinski definition) is 1. The fourth-order valence-corrected chi connectivity index (χ4v) is 4.67. The molecule has 1 unspecified atom stereocenters. The molecule has 0 bridgehead atoms. The minimum Gasteiger partial charge on any atom is -0.357 e. The molecule has 1 atom stereocenters. The summed E-state index contributed by atoms with van der Waals surface area (Å²) in [6.07, 6.45) is 1.02. The van der Waals surface area contributed by atoms with Crippen LogP contribution in [0.3, 0.4) is 0 Å². The van der Waals surface area contributed by atoms with Crippen LogP contribution in [0.5, 0.6) is 0 Å². The Labute approximate surface area is 200 Å². The summed E-state index contributed by atoms with van der Waals surface area (Å²) in [5, 5.41) is 3.18. The molecular weight excluding hydrogens is 529 g/mol.